The molecule has 0 aromatic heterocycles. The van der Waals surface area contributed by atoms with Crippen LogP contribution < -0.4 is 16.0 Å². The molecule has 148 valence electrons. The van der Waals surface area contributed by atoms with E-state index in [1.54, 1.807) is 38.1 Å². The van der Waals surface area contributed by atoms with Gasteiger partial charge in [-0.2, -0.15) is 0 Å². The summed E-state index contributed by atoms with van der Waals surface area (Å²) in [6.45, 7) is 2.96. The molecule has 0 saturated heterocycles. The Labute approximate surface area is 162 Å². The lowest BCUT2D eigenvalue weighted by molar-refractivity contribution is -0.150. The number of benzene rings is 2. The average Bonchev–Trinajstić information content (AvgIpc) is 2.66. The van der Waals surface area contributed by atoms with Gasteiger partial charge in [-0.15, -0.1) is 0 Å². The first-order chi connectivity index (χ1) is 13.3. The molecule has 3 N–H and O–H groups in total. The molecule has 0 fully saturated rings. The third kappa shape index (κ3) is 6.71. The number of hydrogen-bond acceptors (Lipinski definition) is 4. The molecule has 0 aliphatic carbocycles. The molecule has 0 saturated carbocycles. The van der Waals surface area contributed by atoms with Crippen LogP contribution in [0.1, 0.15) is 13.8 Å². The van der Waals surface area contributed by atoms with E-state index in [9.17, 15) is 18.8 Å². The Morgan fingerprint density at radius 3 is 2.14 bits per heavy atom. The van der Waals surface area contributed by atoms with Gasteiger partial charge in [-0.05, 0) is 42.3 Å². The zero-order valence-corrected chi connectivity index (χ0v) is 15.6. The molecule has 0 spiro atoms. The van der Waals surface area contributed by atoms with Crippen molar-refractivity contribution in [3.8, 4) is 0 Å². The number of amides is 3. The Morgan fingerprint density at radius 1 is 0.929 bits per heavy atom. The number of rotatable bonds is 7. The molecule has 2 aromatic rings. The molecule has 0 aliphatic rings. The quantitative estimate of drug-likeness (QED) is 0.636. The van der Waals surface area contributed by atoms with Crippen molar-refractivity contribution in [2.45, 2.75) is 19.9 Å². The zero-order valence-electron chi connectivity index (χ0n) is 15.6. The Bertz CT molecular complexity index is 810. The molecule has 0 heterocycles. The number of hydrogen-bond donors (Lipinski definition) is 3. The highest BCUT2D eigenvalue weighted by Gasteiger charge is 2.26. The van der Waals surface area contributed by atoms with Gasteiger partial charge in [-0.1, -0.05) is 32.0 Å². The van der Waals surface area contributed by atoms with E-state index < -0.39 is 36.4 Å². The number of anilines is 2. The lowest BCUT2D eigenvalue weighted by atomic mass is 10.1. The van der Waals surface area contributed by atoms with Gasteiger partial charge in [-0.25, -0.2) is 14.0 Å². The summed E-state index contributed by atoms with van der Waals surface area (Å²) in [6, 6.07) is 12.5. The van der Waals surface area contributed by atoms with Gasteiger partial charge in [0.05, 0.1) is 0 Å². The minimum atomic E-state index is -0.928. The maximum absolute atomic E-state index is 12.9. The summed E-state index contributed by atoms with van der Waals surface area (Å²) in [5.74, 6) is -1.98. The van der Waals surface area contributed by atoms with Gasteiger partial charge >= 0.3 is 12.0 Å². The Morgan fingerprint density at radius 2 is 1.54 bits per heavy atom. The second kappa shape index (κ2) is 10.1. The third-order valence-electron chi connectivity index (χ3n) is 3.71. The zero-order chi connectivity index (χ0) is 20.5. The summed E-state index contributed by atoms with van der Waals surface area (Å²) in [5, 5.41) is 7.65. The summed E-state index contributed by atoms with van der Waals surface area (Å²) in [5.41, 5.74) is 0.956. The molecule has 3 amide bonds. The molecule has 0 radical (unpaired) electrons. The summed E-state index contributed by atoms with van der Waals surface area (Å²) < 4.78 is 17.9. The van der Waals surface area contributed by atoms with E-state index in [1.807, 2.05) is 6.07 Å². The number of carbonyl (C=O) groups is 3. The van der Waals surface area contributed by atoms with E-state index >= 15 is 0 Å². The van der Waals surface area contributed by atoms with Crippen LogP contribution in [-0.4, -0.2) is 30.6 Å². The SMILES string of the molecule is CC(C)[C@@H](NC(=O)Nc1ccccc1)C(=O)OCC(=O)Nc1ccc(F)cc1. The van der Waals surface area contributed by atoms with Gasteiger partial charge in [0.25, 0.3) is 5.91 Å². The van der Waals surface area contributed by atoms with E-state index in [-0.39, 0.29) is 5.92 Å². The maximum Gasteiger partial charge on any atom is 0.329 e. The lowest BCUT2D eigenvalue weighted by Crippen LogP contribution is -2.47. The van der Waals surface area contributed by atoms with Crippen LogP contribution in [0.3, 0.4) is 0 Å². The topological polar surface area (TPSA) is 96.5 Å². The van der Waals surface area contributed by atoms with Crippen LogP contribution in [0.2, 0.25) is 0 Å². The second-order valence-electron chi connectivity index (χ2n) is 6.35. The Kier molecular flexibility index (Phi) is 7.50. The summed E-state index contributed by atoms with van der Waals surface area (Å²) in [7, 11) is 0. The van der Waals surface area contributed by atoms with Gasteiger partial charge in [-0.3, -0.25) is 4.79 Å². The molecule has 28 heavy (non-hydrogen) atoms. The normalized spacial score (nSPS) is 11.4. The number of ether oxygens (including phenoxy) is 1. The minimum absolute atomic E-state index is 0.255. The van der Waals surface area contributed by atoms with Crippen LogP contribution in [0.4, 0.5) is 20.6 Å². The van der Waals surface area contributed by atoms with Crippen molar-refractivity contribution in [3.63, 3.8) is 0 Å². The standard InChI is InChI=1S/C20H22FN3O4/c1-13(2)18(24-20(27)23-15-6-4-3-5-7-15)19(26)28-12-17(25)22-16-10-8-14(21)9-11-16/h3-11,13,18H,12H2,1-2H3,(H,22,25)(H2,23,24,27)/t18-/m1/s1. The van der Waals surface area contributed by atoms with Gasteiger partial charge in [0.1, 0.15) is 11.9 Å². The van der Waals surface area contributed by atoms with E-state index in [0.29, 0.717) is 11.4 Å². The number of carbonyl (C=O) groups excluding carboxylic acids is 3. The highest BCUT2D eigenvalue weighted by molar-refractivity contribution is 5.95. The van der Waals surface area contributed by atoms with Crippen LogP contribution in [0.15, 0.2) is 54.6 Å². The molecular formula is C20H22FN3O4. The molecule has 8 heteroatoms. The number of nitrogens with one attached hydrogen (secondary N) is 3. The van der Waals surface area contributed by atoms with Crippen molar-refractivity contribution in [2.24, 2.45) is 5.92 Å². The average molecular weight is 387 g/mol. The molecule has 0 aliphatic heterocycles. The Balaban J connectivity index is 1.85. The molecule has 7 nitrogen and oxygen atoms in total. The van der Waals surface area contributed by atoms with Crippen molar-refractivity contribution >= 4 is 29.3 Å². The third-order valence-corrected chi connectivity index (χ3v) is 3.71. The fraction of sp³-hybridized carbons (Fsp3) is 0.250. The predicted octanol–water partition coefficient (Wildman–Crippen LogP) is 3.15. The summed E-state index contributed by atoms with van der Waals surface area (Å²) >= 11 is 0. The first-order valence-corrected chi connectivity index (χ1v) is 8.70. The second-order valence-corrected chi connectivity index (χ2v) is 6.35. The van der Waals surface area contributed by atoms with Gasteiger partial charge in [0.15, 0.2) is 6.61 Å². The van der Waals surface area contributed by atoms with Gasteiger partial charge < -0.3 is 20.7 Å². The van der Waals surface area contributed by atoms with Crippen molar-refractivity contribution in [1.29, 1.82) is 0 Å². The molecular weight excluding hydrogens is 365 g/mol. The number of esters is 1. The fourth-order valence-electron chi connectivity index (χ4n) is 2.28. The van der Waals surface area contributed by atoms with Gasteiger partial charge in [0.2, 0.25) is 0 Å². The minimum Gasteiger partial charge on any atom is -0.454 e. The smallest absolute Gasteiger partial charge is 0.329 e. The van der Waals surface area contributed by atoms with Crippen LogP contribution in [0, 0.1) is 11.7 Å². The highest BCUT2D eigenvalue weighted by atomic mass is 19.1. The summed E-state index contributed by atoms with van der Waals surface area (Å²) in [4.78, 5) is 36.3. The molecule has 1 atom stereocenters. The molecule has 2 rings (SSSR count). The van der Waals surface area contributed by atoms with Crippen molar-refractivity contribution in [1.82, 2.24) is 5.32 Å². The first kappa shape index (κ1) is 20.9. The van der Waals surface area contributed by atoms with E-state index in [4.69, 9.17) is 4.74 Å². The predicted molar refractivity (Wildman–Crippen MR) is 103 cm³/mol. The van der Waals surface area contributed by atoms with Crippen molar-refractivity contribution < 1.29 is 23.5 Å². The van der Waals surface area contributed by atoms with E-state index in [1.165, 1.54) is 24.3 Å². The van der Waals surface area contributed by atoms with E-state index in [2.05, 4.69) is 16.0 Å². The summed E-state index contributed by atoms with van der Waals surface area (Å²) in [6.07, 6.45) is 0. The van der Waals surface area contributed by atoms with Crippen LogP contribution in [0.5, 0.6) is 0 Å². The monoisotopic (exact) mass is 387 g/mol. The number of urea groups is 1. The van der Waals surface area contributed by atoms with Crippen molar-refractivity contribution in [3.05, 3.63) is 60.4 Å². The van der Waals surface area contributed by atoms with Crippen LogP contribution in [-0.2, 0) is 14.3 Å². The number of para-hydroxylation sites is 1. The van der Waals surface area contributed by atoms with E-state index in [0.717, 1.165) is 0 Å². The highest BCUT2D eigenvalue weighted by Crippen LogP contribution is 2.09. The lowest BCUT2D eigenvalue weighted by Gasteiger charge is -2.21. The van der Waals surface area contributed by atoms with Crippen molar-refractivity contribution in [2.75, 3.05) is 17.2 Å². The first-order valence-electron chi connectivity index (χ1n) is 8.70. The van der Waals surface area contributed by atoms with Gasteiger partial charge in [0, 0.05) is 11.4 Å². The number of halogens is 1. The Hall–Kier alpha value is -3.42. The molecule has 0 unspecified atom stereocenters. The van der Waals surface area contributed by atoms with Crippen LogP contribution >= 0.6 is 0 Å². The maximum atomic E-state index is 12.9. The largest absolute Gasteiger partial charge is 0.454 e. The molecule has 2 aromatic carbocycles. The molecule has 0 bridgehead atoms. The van der Waals surface area contributed by atoms with Crippen LogP contribution in [0.25, 0.3) is 0 Å². The fourth-order valence-corrected chi connectivity index (χ4v) is 2.28.